The quantitative estimate of drug-likeness (QED) is 0.749. The summed E-state index contributed by atoms with van der Waals surface area (Å²) in [4.78, 5) is 6.56. The Morgan fingerprint density at radius 2 is 1.85 bits per heavy atom. The minimum absolute atomic E-state index is 0.00421. The standard InChI is InChI=1S/C12H19F3N4O/c1-3-11(4-2,7-20)6-17-9-5-8(16)18-10(19-9)12(13,14)15/h5,20H,3-4,6-7H2,1-2H3,(H3,16,17,18,19). The fourth-order valence-corrected chi connectivity index (χ4v) is 1.74. The van der Waals surface area contributed by atoms with Crippen LogP contribution >= 0.6 is 0 Å². The summed E-state index contributed by atoms with van der Waals surface area (Å²) in [5, 5.41) is 12.2. The van der Waals surface area contributed by atoms with Gasteiger partial charge in [0.05, 0.1) is 6.61 Å². The number of aliphatic hydroxyl groups excluding tert-OH is 1. The molecule has 0 amide bonds. The van der Waals surface area contributed by atoms with Crippen molar-refractivity contribution >= 4 is 11.6 Å². The molecule has 1 rings (SSSR count). The molecule has 0 bridgehead atoms. The maximum absolute atomic E-state index is 12.6. The predicted molar refractivity (Wildman–Crippen MR) is 70.0 cm³/mol. The summed E-state index contributed by atoms with van der Waals surface area (Å²) < 4.78 is 37.7. The largest absolute Gasteiger partial charge is 0.451 e. The third-order valence-electron chi connectivity index (χ3n) is 3.48. The highest BCUT2D eigenvalue weighted by Crippen LogP contribution is 2.29. The molecule has 0 atom stereocenters. The van der Waals surface area contributed by atoms with Crippen LogP contribution in [0.4, 0.5) is 24.8 Å². The first kappa shape index (κ1) is 16.5. The van der Waals surface area contributed by atoms with Crippen LogP contribution in [0.1, 0.15) is 32.5 Å². The predicted octanol–water partition coefficient (Wildman–Crippen LogP) is 2.29. The van der Waals surface area contributed by atoms with Gasteiger partial charge in [0, 0.05) is 18.0 Å². The Morgan fingerprint density at radius 1 is 1.25 bits per heavy atom. The number of hydrogen-bond acceptors (Lipinski definition) is 5. The first-order chi connectivity index (χ1) is 9.26. The molecule has 0 aliphatic rings. The molecule has 5 nitrogen and oxygen atoms in total. The van der Waals surface area contributed by atoms with E-state index < -0.39 is 17.4 Å². The lowest BCUT2D eigenvalue weighted by atomic mass is 9.83. The van der Waals surface area contributed by atoms with Crippen LogP contribution in [0.25, 0.3) is 0 Å². The Bertz CT molecular complexity index is 439. The Morgan fingerprint density at radius 3 is 2.30 bits per heavy atom. The molecule has 0 spiro atoms. The van der Waals surface area contributed by atoms with Gasteiger partial charge in [-0.15, -0.1) is 0 Å². The lowest BCUT2D eigenvalue weighted by Crippen LogP contribution is -2.32. The number of alkyl halides is 3. The van der Waals surface area contributed by atoms with Gasteiger partial charge in [-0.3, -0.25) is 0 Å². The third-order valence-corrected chi connectivity index (χ3v) is 3.48. The van der Waals surface area contributed by atoms with Crippen LogP contribution in [0, 0.1) is 5.41 Å². The second-order valence-electron chi connectivity index (χ2n) is 4.72. The van der Waals surface area contributed by atoms with Crippen LogP contribution in [-0.2, 0) is 6.18 Å². The summed E-state index contributed by atoms with van der Waals surface area (Å²) >= 11 is 0. The molecule has 0 fully saturated rings. The summed E-state index contributed by atoms with van der Waals surface area (Å²) in [6.45, 7) is 4.08. The molecule has 0 radical (unpaired) electrons. The second kappa shape index (κ2) is 6.25. The highest BCUT2D eigenvalue weighted by atomic mass is 19.4. The number of nitrogens with two attached hydrogens (primary N) is 1. The minimum atomic E-state index is -4.64. The van der Waals surface area contributed by atoms with Crippen molar-refractivity contribution in [2.45, 2.75) is 32.9 Å². The van der Waals surface area contributed by atoms with E-state index in [1.807, 2.05) is 13.8 Å². The molecule has 0 aliphatic heterocycles. The van der Waals surface area contributed by atoms with Crippen molar-refractivity contribution in [2.75, 3.05) is 24.2 Å². The average molecular weight is 292 g/mol. The number of halogens is 3. The van der Waals surface area contributed by atoms with Crippen molar-refractivity contribution < 1.29 is 18.3 Å². The van der Waals surface area contributed by atoms with E-state index in [1.165, 1.54) is 6.07 Å². The number of rotatable bonds is 6. The van der Waals surface area contributed by atoms with E-state index in [9.17, 15) is 18.3 Å². The van der Waals surface area contributed by atoms with Crippen molar-refractivity contribution in [3.8, 4) is 0 Å². The van der Waals surface area contributed by atoms with Crippen LogP contribution in [0.15, 0.2) is 6.07 Å². The lowest BCUT2D eigenvalue weighted by molar-refractivity contribution is -0.144. The number of nitrogen functional groups attached to an aromatic ring is 1. The van der Waals surface area contributed by atoms with Crippen molar-refractivity contribution in [1.29, 1.82) is 0 Å². The molecule has 0 saturated heterocycles. The van der Waals surface area contributed by atoms with Crippen LogP contribution in [0.5, 0.6) is 0 Å². The maximum Gasteiger partial charge on any atom is 0.451 e. The average Bonchev–Trinajstić information content (AvgIpc) is 2.39. The summed E-state index contributed by atoms with van der Waals surface area (Å²) in [6, 6.07) is 1.24. The van der Waals surface area contributed by atoms with E-state index in [0.29, 0.717) is 19.4 Å². The van der Waals surface area contributed by atoms with Crippen molar-refractivity contribution in [3.63, 3.8) is 0 Å². The molecule has 4 N–H and O–H groups in total. The van der Waals surface area contributed by atoms with Crippen LogP contribution in [0.2, 0.25) is 0 Å². The van der Waals surface area contributed by atoms with E-state index in [2.05, 4.69) is 15.3 Å². The molecular weight excluding hydrogens is 273 g/mol. The maximum atomic E-state index is 12.6. The molecule has 20 heavy (non-hydrogen) atoms. The molecule has 114 valence electrons. The van der Waals surface area contributed by atoms with Gasteiger partial charge in [-0.05, 0) is 12.8 Å². The van der Waals surface area contributed by atoms with Crippen molar-refractivity contribution in [2.24, 2.45) is 5.41 Å². The molecule has 1 aromatic rings. The zero-order valence-electron chi connectivity index (χ0n) is 11.5. The van der Waals surface area contributed by atoms with Gasteiger partial charge in [-0.2, -0.15) is 13.2 Å². The van der Waals surface area contributed by atoms with E-state index in [-0.39, 0.29) is 18.2 Å². The van der Waals surface area contributed by atoms with Gasteiger partial charge in [0.2, 0.25) is 5.82 Å². The molecule has 0 saturated carbocycles. The summed E-state index contributed by atoms with van der Waals surface area (Å²) in [7, 11) is 0. The summed E-state index contributed by atoms with van der Waals surface area (Å²) in [5.41, 5.74) is 4.96. The van der Waals surface area contributed by atoms with Gasteiger partial charge < -0.3 is 16.2 Å². The van der Waals surface area contributed by atoms with Gasteiger partial charge in [-0.1, -0.05) is 13.8 Å². The highest BCUT2D eigenvalue weighted by molar-refractivity contribution is 5.45. The smallest absolute Gasteiger partial charge is 0.396 e. The number of aliphatic hydroxyl groups is 1. The molecule has 0 aromatic carbocycles. The van der Waals surface area contributed by atoms with Crippen molar-refractivity contribution in [1.82, 2.24) is 9.97 Å². The summed E-state index contributed by atoms with van der Waals surface area (Å²) in [6.07, 6.45) is -3.26. The Balaban J connectivity index is 2.91. The van der Waals surface area contributed by atoms with E-state index in [1.54, 1.807) is 0 Å². The van der Waals surface area contributed by atoms with Gasteiger partial charge in [-0.25, -0.2) is 9.97 Å². The zero-order chi connectivity index (χ0) is 15.4. The minimum Gasteiger partial charge on any atom is -0.396 e. The first-order valence-electron chi connectivity index (χ1n) is 6.33. The topological polar surface area (TPSA) is 84.1 Å². The number of anilines is 2. The normalized spacial score (nSPS) is 12.5. The Hall–Kier alpha value is -1.57. The molecule has 1 heterocycles. The Labute approximate surface area is 115 Å². The van der Waals surface area contributed by atoms with Crippen LogP contribution in [0.3, 0.4) is 0 Å². The lowest BCUT2D eigenvalue weighted by Gasteiger charge is -2.29. The second-order valence-corrected chi connectivity index (χ2v) is 4.72. The molecule has 0 aliphatic carbocycles. The first-order valence-corrected chi connectivity index (χ1v) is 6.33. The number of nitrogens with zero attached hydrogens (tertiary/aromatic N) is 2. The summed E-state index contributed by atoms with van der Waals surface area (Å²) in [5.74, 6) is -1.52. The van der Waals surface area contributed by atoms with E-state index in [0.717, 1.165) is 0 Å². The fraction of sp³-hybridized carbons (Fsp3) is 0.667. The fourth-order valence-electron chi connectivity index (χ4n) is 1.74. The van der Waals surface area contributed by atoms with E-state index in [4.69, 9.17) is 5.73 Å². The van der Waals surface area contributed by atoms with E-state index >= 15 is 0 Å². The Kier molecular flexibility index (Phi) is 5.15. The molecular formula is C12H19F3N4O. The zero-order valence-corrected chi connectivity index (χ0v) is 11.5. The number of aromatic nitrogens is 2. The van der Waals surface area contributed by atoms with Gasteiger partial charge >= 0.3 is 6.18 Å². The van der Waals surface area contributed by atoms with Crippen LogP contribution in [-0.4, -0.2) is 28.2 Å². The third kappa shape index (κ3) is 3.96. The van der Waals surface area contributed by atoms with Crippen LogP contribution < -0.4 is 11.1 Å². The number of nitrogens with one attached hydrogen (secondary N) is 1. The SMILES string of the molecule is CCC(CC)(CO)CNc1cc(N)nc(C(F)(F)F)n1. The molecule has 8 heteroatoms. The van der Waals surface area contributed by atoms with Gasteiger partial charge in [0.25, 0.3) is 0 Å². The monoisotopic (exact) mass is 292 g/mol. The van der Waals surface area contributed by atoms with Crippen molar-refractivity contribution in [3.05, 3.63) is 11.9 Å². The van der Waals surface area contributed by atoms with Gasteiger partial charge in [0.1, 0.15) is 11.6 Å². The molecule has 0 unspecified atom stereocenters. The molecule has 1 aromatic heterocycles. The van der Waals surface area contributed by atoms with Gasteiger partial charge in [0.15, 0.2) is 0 Å². The highest BCUT2D eigenvalue weighted by Gasteiger charge is 2.35. The number of hydrogen-bond donors (Lipinski definition) is 3.